The summed E-state index contributed by atoms with van der Waals surface area (Å²) >= 11 is 5.50. The molecular weight excluding hydrogens is 374 g/mol. The van der Waals surface area contributed by atoms with Gasteiger partial charge in [-0.2, -0.15) is 9.78 Å². The third-order valence-electron chi connectivity index (χ3n) is 5.44. The average Bonchev–Trinajstić information content (AvgIpc) is 3.04. The number of ether oxygens (including phenoxy) is 2. The maximum atomic E-state index is 5.50. The Morgan fingerprint density at radius 1 is 1.14 bits per heavy atom. The molecule has 1 aromatic carbocycles. The zero-order valence-corrected chi connectivity index (χ0v) is 17.8. The van der Waals surface area contributed by atoms with Crippen molar-refractivity contribution in [2.45, 2.75) is 26.7 Å². The van der Waals surface area contributed by atoms with E-state index >= 15 is 0 Å². The van der Waals surface area contributed by atoms with Gasteiger partial charge in [0.1, 0.15) is 39.1 Å². The zero-order valence-electron chi connectivity index (χ0n) is 17.0. The molecule has 28 heavy (non-hydrogen) atoms. The number of quaternary nitrogens is 2. The van der Waals surface area contributed by atoms with E-state index in [9.17, 15) is 0 Å². The summed E-state index contributed by atoms with van der Waals surface area (Å²) in [5, 5.41) is 4.44. The minimum absolute atomic E-state index is 0.705. The number of hydrogen-bond donors (Lipinski definition) is 2. The van der Waals surface area contributed by atoms with Gasteiger partial charge in [-0.05, 0) is 36.8 Å². The molecule has 8 heteroatoms. The molecule has 0 radical (unpaired) electrons. The van der Waals surface area contributed by atoms with Gasteiger partial charge in [-0.25, -0.2) is 0 Å². The number of allylic oxidation sites excluding steroid dienone is 1. The van der Waals surface area contributed by atoms with E-state index in [4.69, 9.17) is 21.7 Å². The first-order valence-electron chi connectivity index (χ1n) is 9.67. The summed E-state index contributed by atoms with van der Waals surface area (Å²) in [6, 6.07) is 4.18. The maximum Gasteiger partial charge on any atom is 0.202 e. The molecule has 1 fully saturated rings. The molecule has 0 spiro atoms. The van der Waals surface area contributed by atoms with Crippen LogP contribution < -0.4 is 19.3 Å². The number of hydrogen-bond acceptors (Lipinski definition) is 4. The van der Waals surface area contributed by atoms with Gasteiger partial charge in [0.15, 0.2) is 18.2 Å². The first-order chi connectivity index (χ1) is 13.5. The number of nitrogens with zero attached hydrogens (tertiary/aromatic N) is 3. The SMILES string of the molecule is C=CCn1cnn(C[NH+]2CC[NH+](Cc3cc(OC)c(OC)cc3C)CC2)c1=S. The summed E-state index contributed by atoms with van der Waals surface area (Å²) in [7, 11) is 3.37. The molecule has 0 aliphatic carbocycles. The highest BCUT2D eigenvalue weighted by molar-refractivity contribution is 7.71. The van der Waals surface area contributed by atoms with E-state index in [-0.39, 0.29) is 0 Å². The van der Waals surface area contributed by atoms with Crippen LogP contribution in [0, 0.1) is 11.7 Å². The Morgan fingerprint density at radius 3 is 2.43 bits per heavy atom. The highest BCUT2D eigenvalue weighted by Crippen LogP contribution is 2.29. The Hall–Kier alpha value is -2.16. The molecule has 2 heterocycles. The maximum absolute atomic E-state index is 5.50. The summed E-state index contributed by atoms with van der Waals surface area (Å²) in [6.45, 7) is 12.9. The molecule has 7 nitrogen and oxygen atoms in total. The average molecular weight is 406 g/mol. The Morgan fingerprint density at radius 2 is 1.79 bits per heavy atom. The van der Waals surface area contributed by atoms with Gasteiger partial charge < -0.3 is 23.8 Å². The van der Waals surface area contributed by atoms with Crippen LogP contribution >= 0.6 is 12.2 Å². The number of methoxy groups -OCH3 is 2. The van der Waals surface area contributed by atoms with Crippen LogP contribution in [-0.4, -0.2) is 54.7 Å². The minimum Gasteiger partial charge on any atom is -0.493 e. The van der Waals surface area contributed by atoms with Gasteiger partial charge in [-0.1, -0.05) is 6.08 Å². The molecule has 0 unspecified atom stereocenters. The van der Waals surface area contributed by atoms with Gasteiger partial charge in [-0.15, -0.1) is 6.58 Å². The molecule has 152 valence electrons. The molecule has 1 aliphatic heterocycles. The summed E-state index contributed by atoms with van der Waals surface area (Å²) in [6.07, 6.45) is 3.64. The Balaban J connectivity index is 1.57. The van der Waals surface area contributed by atoms with Gasteiger partial charge in [0.05, 0.1) is 14.2 Å². The lowest BCUT2D eigenvalue weighted by molar-refractivity contribution is -1.03. The van der Waals surface area contributed by atoms with Gasteiger partial charge in [-0.3, -0.25) is 0 Å². The van der Waals surface area contributed by atoms with Crippen molar-refractivity contribution < 1.29 is 19.3 Å². The minimum atomic E-state index is 0.705. The topological polar surface area (TPSA) is 50.1 Å². The van der Waals surface area contributed by atoms with E-state index < -0.39 is 0 Å². The fraction of sp³-hybridized carbons (Fsp3) is 0.500. The van der Waals surface area contributed by atoms with Crippen molar-refractivity contribution in [2.75, 3.05) is 40.4 Å². The Kier molecular flexibility index (Phi) is 6.88. The lowest BCUT2D eigenvalue weighted by Crippen LogP contribution is -3.27. The molecule has 1 aromatic heterocycles. The normalized spacial score (nSPS) is 19.4. The highest BCUT2D eigenvalue weighted by atomic mass is 32.1. The lowest BCUT2D eigenvalue weighted by Gasteiger charge is -2.30. The monoisotopic (exact) mass is 405 g/mol. The fourth-order valence-electron chi connectivity index (χ4n) is 3.73. The largest absolute Gasteiger partial charge is 0.493 e. The van der Waals surface area contributed by atoms with Crippen molar-refractivity contribution >= 4 is 12.2 Å². The van der Waals surface area contributed by atoms with Crippen molar-refractivity contribution in [2.24, 2.45) is 0 Å². The third kappa shape index (κ3) is 4.63. The molecule has 0 saturated carbocycles. The van der Waals surface area contributed by atoms with Crippen LogP contribution in [0.2, 0.25) is 0 Å². The van der Waals surface area contributed by atoms with E-state index in [1.807, 2.05) is 15.3 Å². The van der Waals surface area contributed by atoms with Crippen LogP contribution in [0.3, 0.4) is 0 Å². The molecule has 2 aromatic rings. The van der Waals surface area contributed by atoms with Crippen molar-refractivity contribution in [3.8, 4) is 11.5 Å². The molecule has 3 rings (SSSR count). The number of aromatic nitrogens is 3. The molecule has 2 N–H and O–H groups in total. The molecule has 0 atom stereocenters. The number of benzene rings is 1. The van der Waals surface area contributed by atoms with E-state index in [2.05, 4.69) is 30.7 Å². The molecule has 1 saturated heterocycles. The molecule has 0 bridgehead atoms. The van der Waals surface area contributed by atoms with Crippen LogP contribution in [0.1, 0.15) is 11.1 Å². The van der Waals surface area contributed by atoms with Crippen molar-refractivity contribution in [3.63, 3.8) is 0 Å². The van der Waals surface area contributed by atoms with Crippen molar-refractivity contribution in [1.29, 1.82) is 0 Å². The zero-order chi connectivity index (χ0) is 20.1. The lowest BCUT2D eigenvalue weighted by atomic mass is 10.1. The molecule has 0 amide bonds. The quantitative estimate of drug-likeness (QED) is 0.475. The number of piperazine rings is 1. The number of aryl methyl sites for hydroxylation is 1. The van der Waals surface area contributed by atoms with Crippen molar-refractivity contribution in [3.05, 3.63) is 47.0 Å². The molecular formula is C20H31N5O2S+2. The van der Waals surface area contributed by atoms with E-state index in [0.717, 1.165) is 55.7 Å². The van der Waals surface area contributed by atoms with Gasteiger partial charge >= 0.3 is 0 Å². The van der Waals surface area contributed by atoms with Crippen LogP contribution in [0.15, 0.2) is 31.1 Å². The van der Waals surface area contributed by atoms with Crippen molar-refractivity contribution in [1.82, 2.24) is 14.3 Å². The predicted molar refractivity (Wildman–Crippen MR) is 111 cm³/mol. The second-order valence-electron chi connectivity index (χ2n) is 7.32. The Bertz CT molecular complexity index is 868. The summed E-state index contributed by atoms with van der Waals surface area (Å²) in [5.41, 5.74) is 2.57. The van der Waals surface area contributed by atoms with E-state index in [1.165, 1.54) is 16.0 Å². The van der Waals surface area contributed by atoms with Crippen LogP contribution in [0.25, 0.3) is 0 Å². The van der Waals surface area contributed by atoms with Crippen LogP contribution in [-0.2, 0) is 19.8 Å². The van der Waals surface area contributed by atoms with Gasteiger partial charge in [0.2, 0.25) is 4.77 Å². The van der Waals surface area contributed by atoms with Gasteiger partial charge in [0, 0.05) is 12.1 Å². The second-order valence-corrected chi connectivity index (χ2v) is 7.69. The highest BCUT2D eigenvalue weighted by Gasteiger charge is 2.24. The molecule has 1 aliphatic rings. The summed E-state index contributed by atoms with van der Waals surface area (Å²) in [5.74, 6) is 1.59. The predicted octanol–water partition coefficient (Wildman–Crippen LogP) is -0.133. The van der Waals surface area contributed by atoms with Gasteiger partial charge in [0.25, 0.3) is 0 Å². The van der Waals surface area contributed by atoms with Crippen LogP contribution in [0.4, 0.5) is 0 Å². The first-order valence-corrected chi connectivity index (χ1v) is 10.1. The van der Waals surface area contributed by atoms with Crippen LogP contribution in [0.5, 0.6) is 11.5 Å². The first kappa shape index (κ1) is 20.6. The Labute approximate surface area is 171 Å². The number of nitrogens with one attached hydrogen (secondary N) is 2. The summed E-state index contributed by atoms with van der Waals surface area (Å²) in [4.78, 5) is 3.12. The third-order valence-corrected chi connectivity index (χ3v) is 5.89. The number of rotatable bonds is 8. The second kappa shape index (κ2) is 9.36. The fourth-order valence-corrected chi connectivity index (χ4v) is 3.96. The smallest absolute Gasteiger partial charge is 0.202 e. The summed E-state index contributed by atoms with van der Waals surface area (Å²) < 4.78 is 15.5. The van der Waals surface area contributed by atoms with E-state index in [0.29, 0.717) is 6.54 Å². The van der Waals surface area contributed by atoms with E-state index in [1.54, 1.807) is 25.4 Å². The standard InChI is InChI=1S/C20H29N5O2S/c1-5-6-24-14-21-25(20(24)28)15-23-9-7-22(8-10-23)13-17-12-19(27-4)18(26-3)11-16(17)2/h5,11-12,14H,1,6-10,13,15H2,2-4H3/p+2.